The highest BCUT2D eigenvalue weighted by molar-refractivity contribution is 9.10. The van der Waals surface area contributed by atoms with E-state index in [1.54, 1.807) is 44.1 Å². The highest BCUT2D eigenvalue weighted by Crippen LogP contribution is 2.36. The number of hydrogen-bond donors (Lipinski definition) is 2. The lowest BCUT2D eigenvalue weighted by Gasteiger charge is -2.32. The number of carbonyl (C=O) groups excluding carboxylic acids is 1. The Balaban J connectivity index is 0.000000123. The van der Waals surface area contributed by atoms with Crippen molar-refractivity contribution in [2.75, 3.05) is 6.54 Å². The van der Waals surface area contributed by atoms with Gasteiger partial charge in [0.15, 0.2) is 0 Å². The van der Waals surface area contributed by atoms with Gasteiger partial charge in [-0.1, -0.05) is 28.1 Å². The van der Waals surface area contributed by atoms with Gasteiger partial charge in [-0.2, -0.15) is 15.3 Å². The zero-order valence-corrected chi connectivity index (χ0v) is 40.5. The molecule has 10 aromatic rings. The summed E-state index contributed by atoms with van der Waals surface area (Å²) in [6, 6.07) is 21.3. The van der Waals surface area contributed by atoms with Crippen LogP contribution < -0.4 is 5.46 Å². The number of rotatable bonds is 5. The molecule has 4 aromatic carbocycles. The van der Waals surface area contributed by atoms with Gasteiger partial charge in [0.2, 0.25) is 0 Å². The van der Waals surface area contributed by atoms with Gasteiger partial charge in [0.05, 0.1) is 80.6 Å². The van der Waals surface area contributed by atoms with Crippen LogP contribution in [0.25, 0.3) is 61.0 Å². The molecule has 0 radical (unpaired) electrons. The van der Waals surface area contributed by atoms with Gasteiger partial charge in [-0.25, -0.2) is 19.3 Å². The molecule has 68 heavy (non-hydrogen) atoms. The number of imidazole rings is 3. The summed E-state index contributed by atoms with van der Waals surface area (Å²) in [5.74, 6) is -0.722. The molecule has 0 aliphatic carbocycles. The summed E-state index contributed by atoms with van der Waals surface area (Å²) in [6.45, 7) is 11.1. The summed E-state index contributed by atoms with van der Waals surface area (Å²) in [4.78, 5) is 32.8. The van der Waals surface area contributed by atoms with Crippen LogP contribution in [0.2, 0.25) is 0 Å². The van der Waals surface area contributed by atoms with Crippen LogP contribution in [0.4, 0.5) is 4.39 Å². The number of amides is 1. The van der Waals surface area contributed by atoms with Gasteiger partial charge in [0.25, 0.3) is 5.91 Å². The van der Waals surface area contributed by atoms with Crippen LogP contribution in [0.15, 0.2) is 127 Å². The van der Waals surface area contributed by atoms with Crippen LogP contribution in [-0.2, 0) is 37.0 Å². The Morgan fingerprint density at radius 2 is 1.29 bits per heavy atom. The number of halogens is 2. The minimum atomic E-state index is -0.484. The predicted molar refractivity (Wildman–Crippen MR) is 265 cm³/mol. The first-order chi connectivity index (χ1) is 32.5. The zero-order chi connectivity index (χ0) is 47.9. The SMILES string of the molecule is Brc1ccc2nc[nH]c2c1.CCN1Cc2cc(-n3cnc4cc(-c5cnn(C)c5)ccc43)cc(F)c2C1=O.Cn1cc(-c2ccc3nc[nH]c3c2)cn1.Cn1cc(B2OC(C)(C)C(C)(C)O2)cn1. The van der Waals surface area contributed by atoms with Crippen molar-refractivity contribution in [2.24, 2.45) is 21.1 Å². The summed E-state index contributed by atoms with van der Waals surface area (Å²) in [5, 5.41) is 12.5. The van der Waals surface area contributed by atoms with E-state index in [2.05, 4.69) is 68.3 Å². The minimum absolute atomic E-state index is 0.189. The van der Waals surface area contributed by atoms with Crippen molar-refractivity contribution in [2.45, 2.75) is 52.4 Å². The molecule has 8 heterocycles. The topological polar surface area (TPSA) is 167 Å². The van der Waals surface area contributed by atoms with Gasteiger partial charge in [0.1, 0.15) is 12.1 Å². The highest BCUT2D eigenvalue weighted by atomic mass is 79.9. The van der Waals surface area contributed by atoms with Gasteiger partial charge < -0.3 is 24.2 Å². The van der Waals surface area contributed by atoms with E-state index in [1.807, 2.05) is 140 Å². The van der Waals surface area contributed by atoms with Crippen molar-refractivity contribution in [3.05, 3.63) is 144 Å². The van der Waals surface area contributed by atoms with Crippen LogP contribution in [0.5, 0.6) is 0 Å². The second-order valence-electron chi connectivity index (χ2n) is 17.6. The molecule has 19 heteroatoms. The summed E-state index contributed by atoms with van der Waals surface area (Å²) in [6.07, 6.45) is 16.4. The number of aromatic amines is 2. The van der Waals surface area contributed by atoms with E-state index in [4.69, 9.17) is 9.31 Å². The maximum Gasteiger partial charge on any atom is 0.498 e. The molecular formula is C49H50BBrFN13O3. The number of aryl methyl sites for hydroxylation is 3. The first kappa shape index (κ1) is 45.9. The summed E-state index contributed by atoms with van der Waals surface area (Å²) < 4.78 is 34.7. The third kappa shape index (κ3) is 9.36. The Morgan fingerprint density at radius 1 is 0.706 bits per heavy atom. The monoisotopic (exact) mass is 977 g/mol. The Kier molecular flexibility index (Phi) is 12.5. The molecule has 346 valence electrons. The fourth-order valence-corrected chi connectivity index (χ4v) is 8.31. The second-order valence-corrected chi connectivity index (χ2v) is 18.6. The lowest BCUT2D eigenvalue weighted by molar-refractivity contribution is 0.00578. The number of nitrogens with one attached hydrogen (secondary N) is 2. The van der Waals surface area contributed by atoms with E-state index in [0.717, 1.165) is 70.9 Å². The molecule has 1 fully saturated rings. The standard InChI is InChI=1S/C21H18FN5O.C11H10N4.C10H17BN2O2.C7H5BrN2/c1-3-26-11-14-6-16(8-17(22)20(14)21(26)28)27-12-23-18-7-13(4-5-19(18)27)15-9-24-25(2)10-15;1-15-6-9(5-14-15)8-2-3-10-11(4-8)13-7-12-10;1-9(2)10(3,4)15-11(14-9)8-6-12-13(5)7-8;8-5-1-2-6-7(3-5)10-4-9-6/h4-10,12H,3,11H2,1-2H3;2-7H,1H3,(H,12,13);6-7H,1-5H3;1-4H,(H,9,10). The number of benzene rings is 4. The van der Waals surface area contributed by atoms with Gasteiger partial charge >= 0.3 is 7.12 Å². The van der Waals surface area contributed by atoms with Gasteiger partial charge in [0, 0.05) is 80.1 Å². The lowest BCUT2D eigenvalue weighted by Crippen LogP contribution is -2.41. The normalized spacial score (nSPS) is 14.7. The van der Waals surface area contributed by atoms with Crippen LogP contribution in [0.3, 0.4) is 0 Å². The Labute approximate surface area is 400 Å². The first-order valence-electron chi connectivity index (χ1n) is 22.0. The Bertz CT molecular complexity index is 3400. The second kappa shape index (κ2) is 18.5. The van der Waals surface area contributed by atoms with Crippen LogP contribution in [-0.4, -0.2) is 94.5 Å². The zero-order valence-electron chi connectivity index (χ0n) is 38.9. The Hall–Kier alpha value is -7.22. The van der Waals surface area contributed by atoms with Gasteiger partial charge in [-0.3, -0.25) is 23.4 Å². The van der Waals surface area contributed by atoms with Crippen LogP contribution in [0, 0.1) is 5.82 Å². The minimum Gasteiger partial charge on any atom is -0.399 e. The summed E-state index contributed by atoms with van der Waals surface area (Å²) in [5.41, 5.74) is 12.1. The van der Waals surface area contributed by atoms with E-state index in [0.29, 0.717) is 18.8 Å². The molecule has 0 spiro atoms. The summed E-state index contributed by atoms with van der Waals surface area (Å²) in [7, 11) is 5.37. The van der Waals surface area contributed by atoms with Gasteiger partial charge in [-0.05, 0) is 106 Å². The predicted octanol–water partition coefficient (Wildman–Crippen LogP) is 8.55. The number of aromatic nitrogens is 12. The summed E-state index contributed by atoms with van der Waals surface area (Å²) >= 11 is 3.37. The molecule has 2 N–H and O–H groups in total. The van der Waals surface area contributed by atoms with Crippen molar-refractivity contribution in [1.82, 2.24) is 63.7 Å². The van der Waals surface area contributed by atoms with E-state index in [1.165, 1.54) is 6.07 Å². The molecule has 12 rings (SSSR count). The number of H-pyrrole nitrogens is 2. The molecule has 0 bridgehead atoms. The maximum absolute atomic E-state index is 14.7. The maximum atomic E-state index is 14.7. The molecule has 2 aliphatic heterocycles. The lowest BCUT2D eigenvalue weighted by atomic mass is 9.82. The fourth-order valence-electron chi connectivity index (χ4n) is 7.94. The first-order valence-corrected chi connectivity index (χ1v) is 22.8. The fraction of sp³-hybridized carbons (Fsp3) is 0.245. The number of fused-ring (bicyclic) bond motifs is 4. The number of carbonyl (C=O) groups is 1. The van der Waals surface area contributed by atoms with Crippen molar-refractivity contribution >= 4 is 67.5 Å². The van der Waals surface area contributed by atoms with E-state index in [-0.39, 0.29) is 29.8 Å². The molecule has 0 unspecified atom stereocenters. The number of nitrogens with zero attached hydrogens (tertiary/aromatic N) is 11. The number of hydrogen-bond acceptors (Lipinski definition) is 9. The van der Waals surface area contributed by atoms with Crippen molar-refractivity contribution in [3.63, 3.8) is 0 Å². The smallest absolute Gasteiger partial charge is 0.399 e. The molecule has 2 aliphatic rings. The van der Waals surface area contributed by atoms with E-state index in [9.17, 15) is 9.18 Å². The molecule has 1 saturated heterocycles. The molecule has 0 atom stereocenters. The Morgan fingerprint density at radius 3 is 1.90 bits per heavy atom. The van der Waals surface area contributed by atoms with Crippen LogP contribution in [0.1, 0.15) is 50.5 Å². The third-order valence-corrected chi connectivity index (χ3v) is 12.8. The van der Waals surface area contributed by atoms with Crippen LogP contribution >= 0.6 is 15.9 Å². The quantitative estimate of drug-likeness (QED) is 0.161. The molecule has 1 amide bonds. The van der Waals surface area contributed by atoms with Gasteiger partial charge in [-0.15, -0.1) is 0 Å². The molecule has 6 aromatic heterocycles. The van der Waals surface area contributed by atoms with Crippen molar-refractivity contribution < 1.29 is 18.5 Å². The average molecular weight is 979 g/mol. The van der Waals surface area contributed by atoms with E-state index < -0.39 is 5.82 Å². The van der Waals surface area contributed by atoms with Crippen molar-refractivity contribution in [3.8, 4) is 27.9 Å². The largest absolute Gasteiger partial charge is 0.498 e. The molecule has 0 saturated carbocycles. The molecule has 16 nitrogen and oxygen atoms in total. The average Bonchev–Trinajstić information content (AvgIpc) is 4.17. The highest BCUT2D eigenvalue weighted by Gasteiger charge is 2.52. The van der Waals surface area contributed by atoms with Crippen molar-refractivity contribution in [1.29, 1.82) is 0 Å². The van der Waals surface area contributed by atoms with E-state index >= 15 is 0 Å². The third-order valence-electron chi connectivity index (χ3n) is 12.4. The molecular weight excluding hydrogens is 928 g/mol.